The number of ketones is 1. The van der Waals surface area contributed by atoms with Gasteiger partial charge in [0.2, 0.25) is 0 Å². The van der Waals surface area contributed by atoms with Gasteiger partial charge in [-0.15, -0.1) is 0 Å². The number of Topliss-reactive ketones (excluding diaryl/α,β-unsaturated/α-hetero) is 1. The highest BCUT2D eigenvalue weighted by Gasteiger charge is 2.33. The Labute approximate surface area is 207 Å². The fourth-order valence-corrected chi connectivity index (χ4v) is 5.07. The van der Waals surface area contributed by atoms with Crippen LogP contribution < -0.4 is 0 Å². The first-order valence-electron chi connectivity index (χ1n) is 13.4. The van der Waals surface area contributed by atoms with Crippen LogP contribution in [0.25, 0.3) is 0 Å². The topological polar surface area (TPSA) is 63.6 Å². The van der Waals surface area contributed by atoms with E-state index in [9.17, 15) is 14.7 Å². The molecule has 2 unspecified atom stereocenters. The van der Waals surface area contributed by atoms with Crippen molar-refractivity contribution in [3.05, 3.63) is 48.0 Å². The molecule has 1 aliphatic rings. The third-order valence-corrected chi connectivity index (χ3v) is 7.45. The zero-order valence-corrected chi connectivity index (χ0v) is 21.8. The Bertz CT molecular complexity index is 767. The SMILES string of the molecule is CCCCC(C)(C)[C@H](O)/C=C/C1CCC(=O)[C@@H]1CCCCCC(C(=O)OCC)c1ccccc1. The number of hydrogen-bond donors (Lipinski definition) is 1. The first-order valence-corrected chi connectivity index (χ1v) is 13.4. The van der Waals surface area contributed by atoms with E-state index in [0.717, 1.165) is 63.4 Å². The van der Waals surface area contributed by atoms with Crippen molar-refractivity contribution in [1.29, 1.82) is 0 Å². The van der Waals surface area contributed by atoms with Crippen LogP contribution in [0.3, 0.4) is 0 Å². The Hall–Kier alpha value is -1.94. The van der Waals surface area contributed by atoms with E-state index in [4.69, 9.17) is 4.74 Å². The number of ether oxygens (including phenoxy) is 1. The molecule has 0 saturated heterocycles. The molecule has 0 aromatic heterocycles. The first kappa shape index (κ1) is 28.3. The minimum atomic E-state index is -0.479. The number of carbonyl (C=O) groups excluding carboxylic acids is 2. The Morgan fingerprint density at radius 3 is 2.56 bits per heavy atom. The highest BCUT2D eigenvalue weighted by molar-refractivity contribution is 5.83. The van der Waals surface area contributed by atoms with Gasteiger partial charge in [0.1, 0.15) is 5.78 Å². The molecule has 4 nitrogen and oxygen atoms in total. The van der Waals surface area contributed by atoms with E-state index in [0.29, 0.717) is 18.8 Å². The molecule has 1 fully saturated rings. The van der Waals surface area contributed by atoms with Crippen molar-refractivity contribution in [3.8, 4) is 0 Å². The Kier molecular flexibility index (Phi) is 12.0. The number of aliphatic hydroxyl groups is 1. The Balaban J connectivity index is 1.84. The van der Waals surface area contributed by atoms with E-state index < -0.39 is 6.10 Å². The lowest BCUT2D eigenvalue weighted by Gasteiger charge is -2.29. The van der Waals surface area contributed by atoms with Gasteiger partial charge in [-0.2, -0.15) is 0 Å². The second-order valence-electron chi connectivity index (χ2n) is 10.6. The van der Waals surface area contributed by atoms with Crippen molar-refractivity contribution in [3.63, 3.8) is 0 Å². The number of unbranched alkanes of at least 4 members (excludes halogenated alkanes) is 3. The number of benzene rings is 1. The van der Waals surface area contributed by atoms with E-state index in [1.54, 1.807) is 0 Å². The maximum Gasteiger partial charge on any atom is 0.313 e. The van der Waals surface area contributed by atoms with Gasteiger partial charge in [0.25, 0.3) is 0 Å². The lowest BCUT2D eigenvalue weighted by atomic mass is 9.80. The summed E-state index contributed by atoms with van der Waals surface area (Å²) in [7, 11) is 0. The van der Waals surface area contributed by atoms with Crippen LogP contribution in [0.15, 0.2) is 42.5 Å². The van der Waals surface area contributed by atoms with Gasteiger partial charge in [-0.1, -0.05) is 95.4 Å². The third kappa shape index (κ3) is 8.69. The lowest BCUT2D eigenvalue weighted by Crippen LogP contribution is -2.27. The van der Waals surface area contributed by atoms with E-state index in [1.807, 2.05) is 43.3 Å². The molecule has 0 aliphatic heterocycles. The molecule has 1 aliphatic carbocycles. The number of allylic oxidation sites excluding steroid dienone is 1. The molecule has 4 heteroatoms. The van der Waals surface area contributed by atoms with Crippen molar-refractivity contribution in [1.82, 2.24) is 0 Å². The fraction of sp³-hybridized carbons (Fsp3) is 0.667. The molecular formula is C30H46O4. The van der Waals surface area contributed by atoms with Crippen molar-refractivity contribution < 1.29 is 19.4 Å². The molecule has 0 amide bonds. The summed E-state index contributed by atoms with van der Waals surface area (Å²) in [5.41, 5.74) is 0.872. The quantitative estimate of drug-likeness (QED) is 0.170. The average molecular weight is 471 g/mol. The van der Waals surface area contributed by atoms with Crippen molar-refractivity contribution in [2.45, 2.75) is 104 Å². The molecule has 1 aromatic rings. The van der Waals surface area contributed by atoms with Crippen molar-refractivity contribution in [2.75, 3.05) is 6.61 Å². The molecule has 0 heterocycles. The minimum Gasteiger partial charge on any atom is -0.466 e. The zero-order chi connectivity index (χ0) is 25.0. The molecule has 190 valence electrons. The van der Waals surface area contributed by atoms with Gasteiger partial charge in [0, 0.05) is 12.3 Å². The number of rotatable bonds is 15. The maximum absolute atomic E-state index is 12.5. The smallest absolute Gasteiger partial charge is 0.313 e. The lowest BCUT2D eigenvalue weighted by molar-refractivity contribution is -0.145. The largest absolute Gasteiger partial charge is 0.466 e. The van der Waals surface area contributed by atoms with Gasteiger partial charge in [-0.05, 0) is 49.5 Å². The molecule has 1 N–H and O–H groups in total. The summed E-state index contributed by atoms with van der Waals surface area (Å²) < 4.78 is 5.30. The summed E-state index contributed by atoms with van der Waals surface area (Å²) in [4.78, 5) is 25.0. The Morgan fingerprint density at radius 1 is 1.15 bits per heavy atom. The van der Waals surface area contributed by atoms with Crippen molar-refractivity contribution in [2.24, 2.45) is 17.3 Å². The highest BCUT2D eigenvalue weighted by atomic mass is 16.5. The molecular weight excluding hydrogens is 424 g/mol. The molecule has 1 aromatic carbocycles. The van der Waals surface area contributed by atoms with Gasteiger partial charge in [-0.3, -0.25) is 9.59 Å². The standard InChI is InChI=1S/C30H46O4/c1-5-7-22-30(3,4)28(32)21-19-24-18-20-27(31)25(24)16-12-9-13-17-26(29(33)34-6-2)23-14-10-8-11-15-23/h8,10-11,14-15,19,21,24-26,28,32H,5-7,9,12-13,16-18,20,22H2,1-4H3/b21-19+/t24?,25-,26?,28-/m1/s1. The van der Waals surface area contributed by atoms with Gasteiger partial charge < -0.3 is 9.84 Å². The predicted molar refractivity (Wildman–Crippen MR) is 139 cm³/mol. The second-order valence-corrected chi connectivity index (χ2v) is 10.6. The fourth-order valence-electron chi connectivity index (χ4n) is 5.07. The molecule has 0 spiro atoms. The summed E-state index contributed by atoms with van der Waals surface area (Å²) in [5, 5.41) is 10.7. The molecule has 0 bridgehead atoms. The van der Waals surface area contributed by atoms with E-state index in [-0.39, 0.29) is 29.1 Å². The van der Waals surface area contributed by atoms with Gasteiger partial charge in [-0.25, -0.2) is 0 Å². The van der Waals surface area contributed by atoms with E-state index in [1.165, 1.54) is 0 Å². The summed E-state index contributed by atoms with van der Waals surface area (Å²) >= 11 is 0. The predicted octanol–water partition coefficient (Wildman–Crippen LogP) is 7.01. The molecule has 2 rings (SSSR count). The van der Waals surface area contributed by atoms with Gasteiger partial charge in [0.05, 0.1) is 18.6 Å². The van der Waals surface area contributed by atoms with Crippen LogP contribution in [0.4, 0.5) is 0 Å². The summed E-state index contributed by atoms with van der Waals surface area (Å²) in [5.74, 6) is 0.300. The number of hydrogen-bond acceptors (Lipinski definition) is 4. The third-order valence-electron chi connectivity index (χ3n) is 7.45. The van der Waals surface area contributed by atoms with Crippen LogP contribution in [-0.4, -0.2) is 29.6 Å². The minimum absolute atomic E-state index is 0.0668. The van der Waals surface area contributed by atoms with Crippen LogP contribution in [0, 0.1) is 17.3 Å². The maximum atomic E-state index is 12.5. The van der Waals surface area contributed by atoms with Gasteiger partial charge >= 0.3 is 5.97 Å². The highest BCUT2D eigenvalue weighted by Crippen LogP contribution is 2.35. The number of aliphatic hydroxyl groups excluding tert-OH is 1. The molecule has 4 atom stereocenters. The van der Waals surface area contributed by atoms with Crippen LogP contribution >= 0.6 is 0 Å². The molecule has 1 saturated carbocycles. The van der Waals surface area contributed by atoms with Crippen LogP contribution in [0.2, 0.25) is 0 Å². The normalized spacial score (nSPS) is 20.6. The molecule has 34 heavy (non-hydrogen) atoms. The van der Waals surface area contributed by atoms with Crippen molar-refractivity contribution >= 4 is 11.8 Å². The zero-order valence-electron chi connectivity index (χ0n) is 21.8. The number of carbonyl (C=O) groups is 2. The van der Waals surface area contributed by atoms with Crippen LogP contribution in [0.5, 0.6) is 0 Å². The monoisotopic (exact) mass is 470 g/mol. The van der Waals surface area contributed by atoms with Gasteiger partial charge in [0.15, 0.2) is 0 Å². The second kappa shape index (κ2) is 14.5. The van der Waals surface area contributed by atoms with E-state index in [2.05, 4.69) is 26.8 Å². The number of esters is 1. The molecule has 0 radical (unpaired) electrons. The van der Waals surface area contributed by atoms with Crippen LogP contribution in [0.1, 0.15) is 103 Å². The van der Waals surface area contributed by atoms with E-state index >= 15 is 0 Å². The average Bonchev–Trinajstić information content (AvgIpc) is 3.18. The van der Waals surface area contributed by atoms with Crippen LogP contribution in [-0.2, 0) is 14.3 Å². The first-order chi connectivity index (χ1) is 16.3. The summed E-state index contributed by atoms with van der Waals surface area (Å²) in [6.07, 6.45) is 12.9. The summed E-state index contributed by atoms with van der Waals surface area (Å²) in [6.45, 7) is 8.65. The Morgan fingerprint density at radius 2 is 1.88 bits per heavy atom. The summed E-state index contributed by atoms with van der Waals surface area (Å²) in [6, 6.07) is 9.87.